The van der Waals surface area contributed by atoms with Crippen molar-refractivity contribution in [1.82, 2.24) is 37.2 Å². The number of guanidine groups is 1. The number of nitrogens with one attached hydrogen (secondary N) is 7. The van der Waals surface area contributed by atoms with Crippen LogP contribution >= 0.6 is 0 Å². The maximum atomic E-state index is 14.1. The van der Waals surface area contributed by atoms with Gasteiger partial charge in [0.2, 0.25) is 47.3 Å². The molecule has 0 unspecified atom stereocenters. The molecule has 0 aromatic rings. The van der Waals surface area contributed by atoms with E-state index in [0.29, 0.717) is 58.0 Å². The van der Waals surface area contributed by atoms with Gasteiger partial charge in [-0.25, -0.2) is 4.79 Å². The zero-order valence-electron chi connectivity index (χ0n) is 39.7. The lowest BCUT2D eigenvalue weighted by molar-refractivity contribution is -0.143. The molecule has 0 heterocycles. The number of rotatable bonds is 37. The number of hydrogen-bond acceptors (Lipinski definition) is 14. The van der Waals surface area contributed by atoms with Gasteiger partial charge in [-0.1, -0.05) is 27.7 Å². The Morgan fingerprint density at radius 2 is 0.881 bits per heavy atom. The number of amides is 8. The van der Waals surface area contributed by atoms with Crippen molar-refractivity contribution in [1.29, 1.82) is 0 Å². The molecule has 0 spiro atoms. The van der Waals surface area contributed by atoms with Gasteiger partial charge in [-0.3, -0.25) is 43.3 Å². The third-order valence-corrected chi connectivity index (χ3v) is 10.2. The van der Waals surface area contributed by atoms with Crippen molar-refractivity contribution in [2.45, 2.75) is 160 Å². The van der Waals surface area contributed by atoms with Crippen molar-refractivity contribution < 1.29 is 48.3 Å². The standard InChI is InChI=1S/C42H81N15O10/c1-24(2)20-30(36(61)51-23-34(59)52-32(41(66)67)22-33(47)58)56-39(64)29(15-7-10-18-45)54-37(62)28(14-6-9-17-44)55-40(65)31(21-25(3)4)57-38(63)27(13-5-8-16-43)53-35(60)26(46)12-11-19-50-42(48)49/h24-32H,5-23,43-46H2,1-4H3,(H2,47,58)(H,51,61)(H,52,59)(H,53,60)(H,54,62)(H,55,65)(H,56,64)(H,57,63)(H,66,67)(H4,48,49,50)/t26-,27-,28-,29-,30-,31-,32-/m0/s1. The Balaban J connectivity index is 6.38. The van der Waals surface area contributed by atoms with Crippen molar-refractivity contribution in [2.24, 2.45) is 57.0 Å². The number of carboxylic acids is 1. The summed E-state index contributed by atoms with van der Waals surface area (Å²) in [6.07, 6.45) is 3.45. The van der Waals surface area contributed by atoms with Gasteiger partial charge < -0.3 is 82.5 Å². The number of primary amides is 1. The van der Waals surface area contributed by atoms with Crippen molar-refractivity contribution in [3.05, 3.63) is 0 Å². The predicted molar refractivity (Wildman–Crippen MR) is 252 cm³/mol. The first-order valence-electron chi connectivity index (χ1n) is 23.1. The van der Waals surface area contributed by atoms with Crippen molar-refractivity contribution in [3.8, 4) is 0 Å². The summed E-state index contributed by atoms with van der Waals surface area (Å²) in [4.78, 5) is 121. The first-order chi connectivity index (χ1) is 31.6. The molecule has 67 heavy (non-hydrogen) atoms. The molecule has 0 saturated carbocycles. The van der Waals surface area contributed by atoms with Crippen LogP contribution in [0.5, 0.6) is 0 Å². The number of carboxylic acid groups (broad SMARTS) is 1. The van der Waals surface area contributed by atoms with Gasteiger partial charge in [-0.2, -0.15) is 0 Å². The van der Waals surface area contributed by atoms with Crippen LogP contribution in [0.2, 0.25) is 0 Å². The van der Waals surface area contributed by atoms with Crippen LogP contribution in [0.4, 0.5) is 0 Å². The highest BCUT2D eigenvalue weighted by Crippen LogP contribution is 2.12. The highest BCUT2D eigenvalue weighted by Gasteiger charge is 2.33. The third-order valence-electron chi connectivity index (χ3n) is 10.2. The Hall–Kier alpha value is -5.66. The maximum absolute atomic E-state index is 14.1. The molecule has 8 amide bonds. The van der Waals surface area contributed by atoms with Gasteiger partial charge in [0.25, 0.3) is 0 Å². The van der Waals surface area contributed by atoms with Crippen LogP contribution in [0.1, 0.15) is 118 Å². The second-order valence-electron chi connectivity index (χ2n) is 17.3. The molecular weight excluding hydrogens is 875 g/mol. The highest BCUT2D eigenvalue weighted by atomic mass is 16.4. The number of aliphatic imine (C=N–C) groups is 1. The molecule has 384 valence electrons. The number of aliphatic carboxylic acids is 1. The first-order valence-corrected chi connectivity index (χ1v) is 23.1. The summed E-state index contributed by atoms with van der Waals surface area (Å²) in [7, 11) is 0. The Bertz CT molecular complexity index is 1610. The molecule has 0 saturated heterocycles. The van der Waals surface area contributed by atoms with E-state index in [2.05, 4.69) is 42.2 Å². The van der Waals surface area contributed by atoms with Gasteiger partial charge >= 0.3 is 5.97 Å². The lowest BCUT2D eigenvalue weighted by Crippen LogP contribution is -2.59. The number of carbonyl (C=O) groups is 9. The second-order valence-corrected chi connectivity index (χ2v) is 17.3. The van der Waals surface area contributed by atoms with Gasteiger partial charge in [0, 0.05) is 6.54 Å². The van der Waals surface area contributed by atoms with E-state index in [1.54, 1.807) is 13.8 Å². The van der Waals surface area contributed by atoms with Crippen molar-refractivity contribution in [2.75, 3.05) is 32.7 Å². The van der Waals surface area contributed by atoms with Gasteiger partial charge in [0.05, 0.1) is 19.0 Å². The maximum Gasteiger partial charge on any atom is 0.326 e. The van der Waals surface area contributed by atoms with Crippen LogP contribution in [-0.4, -0.2) is 139 Å². The summed E-state index contributed by atoms with van der Waals surface area (Å²) in [5, 5.41) is 27.4. The van der Waals surface area contributed by atoms with E-state index >= 15 is 0 Å². The Kier molecular flexibility index (Phi) is 31.7. The summed E-state index contributed by atoms with van der Waals surface area (Å²) >= 11 is 0. The third kappa shape index (κ3) is 28.2. The summed E-state index contributed by atoms with van der Waals surface area (Å²) in [5.41, 5.74) is 39.1. The summed E-state index contributed by atoms with van der Waals surface area (Å²) in [6.45, 7) is 7.76. The zero-order chi connectivity index (χ0) is 51.1. The number of nitrogens with two attached hydrogens (primary N) is 7. The van der Waals surface area contributed by atoms with E-state index in [-0.39, 0.29) is 69.4 Å². The van der Waals surface area contributed by atoms with E-state index < -0.39 is 108 Å². The fourth-order valence-corrected chi connectivity index (χ4v) is 6.65. The monoisotopic (exact) mass is 956 g/mol. The predicted octanol–water partition coefficient (Wildman–Crippen LogP) is -4.17. The molecule has 0 fully saturated rings. The normalized spacial score (nSPS) is 14.2. The molecule has 0 bridgehead atoms. The molecular formula is C42H81N15O10. The van der Waals surface area contributed by atoms with Crippen LogP contribution < -0.4 is 77.4 Å². The average molecular weight is 956 g/mol. The van der Waals surface area contributed by atoms with Crippen LogP contribution in [0.3, 0.4) is 0 Å². The summed E-state index contributed by atoms with van der Waals surface area (Å²) in [6, 6.07) is -8.45. The lowest BCUT2D eigenvalue weighted by Gasteiger charge is -2.28. The van der Waals surface area contributed by atoms with Crippen molar-refractivity contribution in [3.63, 3.8) is 0 Å². The molecule has 25 nitrogen and oxygen atoms in total. The molecule has 0 aliphatic heterocycles. The van der Waals surface area contributed by atoms with Crippen molar-refractivity contribution >= 4 is 59.2 Å². The Labute approximate surface area is 393 Å². The van der Waals surface area contributed by atoms with Crippen LogP contribution in [0, 0.1) is 11.8 Å². The highest BCUT2D eigenvalue weighted by molar-refractivity contribution is 5.97. The van der Waals surface area contributed by atoms with E-state index in [1.165, 1.54) is 0 Å². The number of unbranched alkanes of at least 4 members (excludes halogenated alkanes) is 3. The second kappa shape index (κ2) is 34.6. The fraction of sp³-hybridized carbons (Fsp3) is 0.762. The lowest BCUT2D eigenvalue weighted by atomic mass is 10.00. The molecule has 0 rings (SSSR count). The Morgan fingerprint density at radius 3 is 1.25 bits per heavy atom. The quantitative estimate of drug-likeness (QED) is 0.0160. The van der Waals surface area contributed by atoms with E-state index in [9.17, 15) is 48.3 Å². The Morgan fingerprint density at radius 1 is 0.493 bits per heavy atom. The van der Waals surface area contributed by atoms with Gasteiger partial charge in [0.1, 0.15) is 36.3 Å². The molecule has 0 aromatic carbocycles. The van der Waals surface area contributed by atoms with E-state index in [0.717, 1.165) is 0 Å². The minimum absolute atomic E-state index is 0.0936. The van der Waals surface area contributed by atoms with Crippen LogP contribution in [0.25, 0.3) is 0 Å². The first kappa shape index (κ1) is 61.3. The number of hydrogen-bond donors (Lipinski definition) is 15. The van der Waals surface area contributed by atoms with Crippen LogP contribution in [0.15, 0.2) is 4.99 Å². The summed E-state index contributed by atoms with van der Waals surface area (Å²) in [5.74, 6) is -7.92. The largest absolute Gasteiger partial charge is 0.480 e. The summed E-state index contributed by atoms with van der Waals surface area (Å²) < 4.78 is 0. The molecule has 25 heteroatoms. The van der Waals surface area contributed by atoms with Gasteiger partial charge in [0.15, 0.2) is 5.96 Å². The van der Waals surface area contributed by atoms with Gasteiger partial charge in [-0.15, -0.1) is 0 Å². The van der Waals surface area contributed by atoms with E-state index in [4.69, 9.17) is 40.1 Å². The van der Waals surface area contributed by atoms with Gasteiger partial charge in [-0.05, 0) is 115 Å². The topological polar surface area (TPSA) is 453 Å². The fourth-order valence-electron chi connectivity index (χ4n) is 6.65. The molecule has 0 aliphatic carbocycles. The molecule has 22 N–H and O–H groups in total. The number of carbonyl (C=O) groups excluding carboxylic acids is 8. The number of nitrogens with zero attached hydrogens (tertiary/aromatic N) is 1. The van der Waals surface area contributed by atoms with E-state index in [1.807, 2.05) is 13.8 Å². The smallest absolute Gasteiger partial charge is 0.326 e. The molecule has 7 atom stereocenters. The molecule has 0 aliphatic rings. The molecule has 0 radical (unpaired) electrons. The van der Waals surface area contributed by atoms with Crippen LogP contribution in [-0.2, 0) is 43.2 Å². The SMILES string of the molecule is CC(C)C[C@H](NC(=O)[C@H](CCCCN)NC(=O)[C@H](CCCCN)NC(=O)[C@H](CC(C)C)NC(=O)[C@H](CCCCN)NC(=O)[C@@H](N)CCCN=C(N)N)C(=O)NCC(=O)N[C@@H](CC(N)=O)C(=O)O. The zero-order valence-corrected chi connectivity index (χ0v) is 39.7. The minimum Gasteiger partial charge on any atom is -0.480 e. The minimum atomic E-state index is -1.62. The molecule has 0 aromatic heterocycles. The average Bonchev–Trinajstić information content (AvgIpc) is 3.24.